The highest BCUT2D eigenvalue weighted by Crippen LogP contribution is 2.23. The minimum atomic E-state index is -3.08. The van der Waals surface area contributed by atoms with E-state index < -0.39 is 8.80 Å². The molecule has 1 aromatic carbocycles. The molecule has 0 radical (unpaired) electrons. The Bertz CT molecular complexity index is 662. The Hall–Kier alpha value is -1.47. The lowest BCUT2D eigenvalue weighted by Crippen LogP contribution is -2.61. The minimum Gasteiger partial charge on any atom is -0.367 e. The predicted molar refractivity (Wildman–Crippen MR) is 107 cm³/mol. The van der Waals surface area contributed by atoms with Crippen molar-refractivity contribution in [2.24, 2.45) is 0 Å². The molecule has 5 nitrogen and oxygen atoms in total. The van der Waals surface area contributed by atoms with Crippen molar-refractivity contribution in [2.45, 2.75) is 73.7 Å². The van der Waals surface area contributed by atoms with Gasteiger partial charge in [0.05, 0.1) is 6.33 Å². The lowest BCUT2D eigenvalue weighted by Gasteiger charge is -2.36. The number of imidazole rings is 1. The van der Waals surface area contributed by atoms with Crippen molar-refractivity contribution in [1.29, 1.82) is 0 Å². The van der Waals surface area contributed by atoms with E-state index >= 15 is 0 Å². The van der Waals surface area contributed by atoms with Gasteiger partial charge in [0.25, 0.3) is 0 Å². The summed E-state index contributed by atoms with van der Waals surface area (Å²) < 4.78 is 21.2. The Kier molecular flexibility index (Phi) is 6.79. The number of nitrogens with zero attached hydrogens (tertiary/aromatic N) is 2. The summed E-state index contributed by atoms with van der Waals surface area (Å²) in [7, 11) is -3.08. The van der Waals surface area contributed by atoms with Crippen LogP contribution in [0.5, 0.6) is 0 Å². The summed E-state index contributed by atoms with van der Waals surface area (Å²) in [6.07, 6.45) is 5.55. The molecule has 0 aliphatic carbocycles. The molecule has 26 heavy (non-hydrogen) atoms. The van der Waals surface area contributed by atoms with Crippen LogP contribution >= 0.6 is 0 Å². The first kappa shape index (κ1) is 20.8. The quantitative estimate of drug-likeness (QED) is 0.655. The van der Waals surface area contributed by atoms with Gasteiger partial charge in [-0.3, -0.25) is 0 Å². The average molecular weight is 377 g/mol. The summed E-state index contributed by atoms with van der Waals surface area (Å²) in [5, 5.41) is 1.07. The number of hydrogen-bond donors (Lipinski definition) is 0. The molecule has 0 amide bonds. The van der Waals surface area contributed by atoms with E-state index in [1.54, 1.807) is 12.5 Å². The zero-order valence-electron chi connectivity index (χ0n) is 17.2. The van der Waals surface area contributed by atoms with Crippen molar-refractivity contribution < 1.29 is 13.3 Å². The lowest BCUT2D eigenvalue weighted by molar-refractivity contribution is 0.0152. The zero-order valence-corrected chi connectivity index (χ0v) is 18.2. The minimum absolute atomic E-state index is 0.00583. The molecule has 0 saturated heterocycles. The van der Waals surface area contributed by atoms with Crippen LogP contribution in [-0.4, -0.2) is 36.7 Å². The summed E-state index contributed by atoms with van der Waals surface area (Å²) in [4.78, 5) is 4.14. The summed E-state index contributed by atoms with van der Waals surface area (Å²) in [6, 6.07) is 4.28. The summed E-state index contributed by atoms with van der Waals surface area (Å²) >= 11 is 0. The van der Waals surface area contributed by atoms with Gasteiger partial charge in [0.2, 0.25) is 0 Å². The lowest BCUT2D eigenvalue weighted by atomic mass is 10.1. The molecule has 0 aliphatic heterocycles. The molecule has 1 heterocycles. The Balaban J connectivity index is 2.62. The molecule has 0 saturated carbocycles. The van der Waals surface area contributed by atoms with Crippen molar-refractivity contribution in [3.63, 3.8) is 0 Å². The van der Waals surface area contributed by atoms with E-state index in [1.165, 1.54) is 0 Å². The van der Waals surface area contributed by atoms with Gasteiger partial charge >= 0.3 is 8.80 Å². The molecule has 0 unspecified atom stereocenters. The van der Waals surface area contributed by atoms with Crippen LogP contribution in [0.2, 0.25) is 0 Å². The van der Waals surface area contributed by atoms with Gasteiger partial charge in [-0.15, -0.1) is 0 Å². The molecule has 0 fully saturated rings. The number of aromatic nitrogens is 2. The SMILES string of the molecule is Cc1cc(-n2ccnc2)cc(C)c1[Si](OC(C)C)(OC(C)C)OC(C)C. The van der Waals surface area contributed by atoms with Crippen molar-refractivity contribution in [3.8, 4) is 5.69 Å². The van der Waals surface area contributed by atoms with Crippen LogP contribution in [0.1, 0.15) is 52.7 Å². The van der Waals surface area contributed by atoms with Gasteiger partial charge in [-0.25, -0.2) is 4.98 Å². The molecule has 6 heteroatoms. The van der Waals surface area contributed by atoms with Crippen LogP contribution in [0, 0.1) is 13.8 Å². The maximum absolute atomic E-state index is 6.41. The Labute approximate surface area is 158 Å². The molecule has 0 aliphatic rings. The fourth-order valence-corrected chi connectivity index (χ4v) is 6.67. The smallest absolute Gasteiger partial charge is 0.367 e. The second-order valence-electron chi connectivity index (χ2n) is 7.48. The fourth-order valence-electron chi connectivity index (χ4n) is 3.18. The van der Waals surface area contributed by atoms with Gasteiger partial charge < -0.3 is 17.8 Å². The Morgan fingerprint density at radius 1 is 0.846 bits per heavy atom. The summed E-state index contributed by atoms with van der Waals surface area (Å²) in [6.45, 7) is 16.4. The number of rotatable bonds is 8. The molecule has 2 rings (SSSR count). The largest absolute Gasteiger partial charge is 0.538 e. The third-order valence-corrected chi connectivity index (χ3v) is 7.54. The van der Waals surface area contributed by atoms with Gasteiger partial charge in [0, 0.05) is 41.6 Å². The maximum atomic E-state index is 6.41. The fraction of sp³-hybridized carbons (Fsp3) is 0.550. The van der Waals surface area contributed by atoms with Crippen molar-refractivity contribution in [1.82, 2.24) is 9.55 Å². The van der Waals surface area contributed by atoms with Crippen molar-refractivity contribution >= 4 is 14.0 Å². The molecule has 0 bridgehead atoms. The number of benzene rings is 1. The van der Waals surface area contributed by atoms with Gasteiger partial charge in [-0.2, -0.15) is 0 Å². The van der Waals surface area contributed by atoms with Crippen LogP contribution < -0.4 is 5.19 Å². The normalized spacial score (nSPS) is 12.6. The van der Waals surface area contributed by atoms with E-state index in [9.17, 15) is 0 Å². The standard InChI is InChI=1S/C20H32N2O3Si/c1-14(2)23-26(24-15(3)4,25-16(5)6)20-17(7)11-19(12-18(20)8)22-10-9-21-13-22/h9-16H,1-8H3. The molecule has 0 atom stereocenters. The van der Waals surface area contributed by atoms with Gasteiger partial charge in [-0.1, -0.05) is 0 Å². The molecule has 1 aromatic heterocycles. The third kappa shape index (κ3) is 4.82. The van der Waals surface area contributed by atoms with Crippen LogP contribution in [0.25, 0.3) is 5.69 Å². The van der Waals surface area contributed by atoms with E-state index in [2.05, 4.69) is 31.0 Å². The van der Waals surface area contributed by atoms with E-state index in [1.807, 2.05) is 52.3 Å². The molecule has 2 aromatic rings. The summed E-state index contributed by atoms with van der Waals surface area (Å²) in [5.41, 5.74) is 3.30. The van der Waals surface area contributed by atoms with Crippen LogP contribution in [0.3, 0.4) is 0 Å². The summed E-state index contributed by atoms with van der Waals surface area (Å²) in [5.74, 6) is 0. The first-order valence-electron chi connectivity index (χ1n) is 9.28. The van der Waals surface area contributed by atoms with Crippen molar-refractivity contribution in [2.75, 3.05) is 0 Å². The van der Waals surface area contributed by atoms with Gasteiger partial charge in [-0.05, 0) is 78.6 Å². The highest BCUT2D eigenvalue weighted by atomic mass is 28.4. The first-order chi connectivity index (χ1) is 12.1. The Morgan fingerprint density at radius 3 is 1.65 bits per heavy atom. The number of hydrogen-bond acceptors (Lipinski definition) is 4. The van der Waals surface area contributed by atoms with Crippen LogP contribution in [0.4, 0.5) is 0 Å². The third-order valence-electron chi connectivity index (χ3n) is 3.80. The molecular weight excluding hydrogens is 344 g/mol. The molecule has 0 N–H and O–H groups in total. The monoisotopic (exact) mass is 376 g/mol. The van der Waals surface area contributed by atoms with Crippen LogP contribution in [-0.2, 0) is 13.3 Å². The second-order valence-corrected chi connectivity index (χ2v) is 9.80. The van der Waals surface area contributed by atoms with E-state index in [4.69, 9.17) is 13.3 Å². The van der Waals surface area contributed by atoms with Crippen molar-refractivity contribution in [3.05, 3.63) is 42.0 Å². The van der Waals surface area contributed by atoms with E-state index in [0.717, 1.165) is 22.0 Å². The Morgan fingerprint density at radius 2 is 1.31 bits per heavy atom. The maximum Gasteiger partial charge on any atom is 0.538 e. The average Bonchev–Trinajstić information content (AvgIpc) is 2.97. The molecular formula is C20H32N2O3Si. The predicted octanol–water partition coefficient (Wildman–Crippen LogP) is 3.91. The van der Waals surface area contributed by atoms with E-state index in [-0.39, 0.29) is 18.3 Å². The van der Waals surface area contributed by atoms with Gasteiger partial charge in [0.15, 0.2) is 0 Å². The first-order valence-corrected chi connectivity index (χ1v) is 11.0. The van der Waals surface area contributed by atoms with Crippen LogP contribution in [0.15, 0.2) is 30.9 Å². The molecule has 0 spiro atoms. The van der Waals surface area contributed by atoms with Gasteiger partial charge in [0.1, 0.15) is 0 Å². The topological polar surface area (TPSA) is 45.5 Å². The molecule has 144 valence electrons. The van der Waals surface area contributed by atoms with E-state index in [0.29, 0.717) is 0 Å². The second kappa shape index (κ2) is 8.48. The highest BCUT2D eigenvalue weighted by molar-refractivity contribution is 6.76. The number of aryl methyl sites for hydroxylation is 2. The zero-order chi connectivity index (χ0) is 19.5. The highest BCUT2D eigenvalue weighted by Gasteiger charge is 2.48.